The molecule has 0 bridgehead atoms. The first-order chi connectivity index (χ1) is 8.61. The van der Waals surface area contributed by atoms with Gasteiger partial charge in [0.2, 0.25) is 0 Å². The van der Waals surface area contributed by atoms with Crippen LogP contribution in [0.2, 0.25) is 0 Å². The fourth-order valence-corrected chi connectivity index (χ4v) is 3.13. The highest BCUT2D eigenvalue weighted by atomic mass is 32.1. The molecule has 0 aliphatic carbocycles. The second-order valence-corrected chi connectivity index (χ2v) is 5.78. The summed E-state index contributed by atoms with van der Waals surface area (Å²) in [7, 11) is 0. The quantitative estimate of drug-likeness (QED) is 0.904. The van der Waals surface area contributed by atoms with Gasteiger partial charge >= 0.3 is 0 Å². The fraction of sp³-hybridized carbons (Fsp3) is 0.333. The molecule has 2 N–H and O–H groups in total. The molecule has 1 atom stereocenters. The van der Waals surface area contributed by atoms with Gasteiger partial charge in [0.05, 0.1) is 12.3 Å². The van der Waals surface area contributed by atoms with Gasteiger partial charge in [0.15, 0.2) is 0 Å². The van der Waals surface area contributed by atoms with E-state index in [0.29, 0.717) is 4.88 Å². The smallest absolute Gasteiger partial charge is 0.263 e. The number of thiophene rings is 1. The third-order valence-electron chi connectivity index (χ3n) is 2.42. The number of aryl methyl sites for hydroxylation is 1. The predicted molar refractivity (Wildman–Crippen MR) is 74.2 cm³/mol. The second kappa shape index (κ2) is 5.60. The molecule has 0 radical (unpaired) electrons. The Morgan fingerprint density at radius 2 is 2.39 bits per heavy atom. The van der Waals surface area contributed by atoms with E-state index < -0.39 is 0 Å². The van der Waals surface area contributed by atoms with Crippen LogP contribution in [0.25, 0.3) is 10.6 Å². The van der Waals surface area contributed by atoms with E-state index in [0.717, 1.165) is 16.3 Å². The summed E-state index contributed by atoms with van der Waals surface area (Å²) in [6.45, 7) is 3.51. The first-order valence-electron chi connectivity index (χ1n) is 5.53. The number of nitrogens with zero attached hydrogens (tertiary/aromatic N) is 1. The molecule has 0 fully saturated rings. The van der Waals surface area contributed by atoms with E-state index in [1.54, 1.807) is 18.3 Å². The Bertz CT molecular complexity index is 534. The summed E-state index contributed by atoms with van der Waals surface area (Å²) in [4.78, 5) is 17.0. The molecule has 6 heteroatoms. The van der Waals surface area contributed by atoms with Crippen LogP contribution in [-0.4, -0.2) is 28.6 Å². The van der Waals surface area contributed by atoms with Gasteiger partial charge in [0.25, 0.3) is 5.91 Å². The molecule has 4 nitrogen and oxygen atoms in total. The topological polar surface area (TPSA) is 62.2 Å². The normalized spacial score (nSPS) is 12.4. The minimum absolute atomic E-state index is 0.0685. The van der Waals surface area contributed by atoms with Crippen LogP contribution < -0.4 is 5.32 Å². The van der Waals surface area contributed by atoms with E-state index in [1.165, 1.54) is 11.3 Å². The van der Waals surface area contributed by atoms with Crippen molar-refractivity contribution in [1.82, 2.24) is 10.3 Å². The number of rotatable bonds is 4. The van der Waals surface area contributed by atoms with Crippen LogP contribution in [0.15, 0.2) is 16.8 Å². The predicted octanol–water partition coefficient (Wildman–Crippen LogP) is 2.29. The maximum Gasteiger partial charge on any atom is 0.263 e. The van der Waals surface area contributed by atoms with Crippen molar-refractivity contribution in [3.63, 3.8) is 0 Å². The average Bonchev–Trinajstić information content (AvgIpc) is 2.97. The van der Waals surface area contributed by atoms with Gasteiger partial charge in [0, 0.05) is 17.0 Å². The molecule has 2 aromatic heterocycles. The van der Waals surface area contributed by atoms with E-state index in [4.69, 9.17) is 5.11 Å². The standard InChI is InChI=1S/C12H14N2O2S2/c1-7(5-15)13-11(16)10-8(2)14-12(18-10)9-3-4-17-6-9/h3-4,6-7,15H,5H2,1-2H3,(H,13,16). The summed E-state index contributed by atoms with van der Waals surface area (Å²) in [6.07, 6.45) is 0. The van der Waals surface area contributed by atoms with Gasteiger partial charge in [-0.2, -0.15) is 11.3 Å². The summed E-state index contributed by atoms with van der Waals surface area (Å²) in [5.41, 5.74) is 1.77. The van der Waals surface area contributed by atoms with Gasteiger partial charge in [-0.1, -0.05) is 0 Å². The molecule has 0 spiro atoms. The van der Waals surface area contributed by atoms with Crippen LogP contribution in [0.1, 0.15) is 22.3 Å². The van der Waals surface area contributed by atoms with Gasteiger partial charge in [0.1, 0.15) is 9.88 Å². The summed E-state index contributed by atoms with van der Waals surface area (Å²) in [5.74, 6) is -0.173. The number of thiazole rings is 1. The first kappa shape index (κ1) is 13.2. The van der Waals surface area contributed by atoms with Crippen LogP contribution in [-0.2, 0) is 0 Å². The molecule has 2 heterocycles. The Morgan fingerprint density at radius 3 is 3.00 bits per heavy atom. The molecule has 18 heavy (non-hydrogen) atoms. The molecule has 2 aromatic rings. The number of aliphatic hydroxyl groups excluding tert-OH is 1. The zero-order valence-electron chi connectivity index (χ0n) is 10.1. The minimum Gasteiger partial charge on any atom is -0.394 e. The number of amides is 1. The van der Waals surface area contributed by atoms with Crippen molar-refractivity contribution >= 4 is 28.6 Å². The van der Waals surface area contributed by atoms with Gasteiger partial charge in [-0.3, -0.25) is 4.79 Å². The molecular formula is C12H14N2O2S2. The lowest BCUT2D eigenvalue weighted by molar-refractivity contribution is 0.0925. The van der Waals surface area contributed by atoms with E-state index in [1.807, 2.05) is 23.8 Å². The number of aliphatic hydroxyl groups is 1. The highest BCUT2D eigenvalue weighted by molar-refractivity contribution is 7.17. The Hall–Kier alpha value is -1.24. The summed E-state index contributed by atoms with van der Waals surface area (Å²) < 4.78 is 0. The summed E-state index contributed by atoms with van der Waals surface area (Å²) in [6, 6.07) is 1.74. The SMILES string of the molecule is Cc1nc(-c2ccsc2)sc1C(=O)NC(C)CO. The van der Waals surface area contributed by atoms with Crippen LogP contribution in [0.3, 0.4) is 0 Å². The zero-order valence-corrected chi connectivity index (χ0v) is 11.8. The number of carbonyl (C=O) groups is 1. The van der Waals surface area contributed by atoms with E-state index in [-0.39, 0.29) is 18.6 Å². The fourth-order valence-electron chi connectivity index (χ4n) is 1.45. The van der Waals surface area contributed by atoms with Crippen LogP contribution in [0.4, 0.5) is 0 Å². The molecule has 0 saturated heterocycles. The Balaban J connectivity index is 2.22. The van der Waals surface area contributed by atoms with Crippen molar-refractivity contribution in [3.05, 3.63) is 27.4 Å². The monoisotopic (exact) mass is 282 g/mol. The van der Waals surface area contributed by atoms with Crippen LogP contribution in [0, 0.1) is 6.92 Å². The molecule has 0 aromatic carbocycles. The van der Waals surface area contributed by atoms with Crippen molar-refractivity contribution in [2.75, 3.05) is 6.61 Å². The Morgan fingerprint density at radius 1 is 1.61 bits per heavy atom. The zero-order chi connectivity index (χ0) is 13.1. The Kier molecular flexibility index (Phi) is 4.11. The lowest BCUT2D eigenvalue weighted by Crippen LogP contribution is -2.34. The van der Waals surface area contributed by atoms with Crippen molar-refractivity contribution in [2.24, 2.45) is 0 Å². The van der Waals surface area contributed by atoms with Crippen LogP contribution in [0.5, 0.6) is 0 Å². The van der Waals surface area contributed by atoms with E-state index in [9.17, 15) is 4.79 Å². The highest BCUT2D eigenvalue weighted by Gasteiger charge is 2.17. The first-order valence-corrected chi connectivity index (χ1v) is 7.29. The third kappa shape index (κ3) is 2.77. The van der Waals surface area contributed by atoms with Gasteiger partial charge in [-0.05, 0) is 25.3 Å². The third-order valence-corrected chi connectivity index (χ3v) is 4.31. The van der Waals surface area contributed by atoms with Gasteiger partial charge < -0.3 is 10.4 Å². The van der Waals surface area contributed by atoms with Crippen molar-refractivity contribution in [3.8, 4) is 10.6 Å². The maximum atomic E-state index is 12.0. The molecule has 96 valence electrons. The van der Waals surface area contributed by atoms with Gasteiger partial charge in [-0.25, -0.2) is 4.98 Å². The number of carbonyl (C=O) groups excluding carboxylic acids is 1. The van der Waals surface area contributed by atoms with Crippen molar-refractivity contribution in [1.29, 1.82) is 0 Å². The number of hydrogen-bond acceptors (Lipinski definition) is 5. The molecule has 0 aliphatic heterocycles. The molecule has 0 saturated carbocycles. The molecular weight excluding hydrogens is 268 g/mol. The van der Waals surface area contributed by atoms with Crippen molar-refractivity contribution < 1.29 is 9.90 Å². The minimum atomic E-state index is -0.247. The highest BCUT2D eigenvalue weighted by Crippen LogP contribution is 2.29. The number of aromatic nitrogens is 1. The average molecular weight is 282 g/mol. The van der Waals surface area contributed by atoms with E-state index >= 15 is 0 Å². The van der Waals surface area contributed by atoms with Crippen molar-refractivity contribution in [2.45, 2.75) is 19.9 Å². The lowest BCUT2D eigenvalue weighted by Gasteiger charge is -2.09. The molecule has 1 amide bonds. The summed E-state index contributed by atoms with van der Waals surface area (Å²) in [5, 5.41) is 16.5. The van der Waals surface area contributed by atoms with Crippen LogP contribution >= 0.6 is 22.7 Å². The molecule has 0 aliphatic rings. The Labute approximate surface area is 113 Å². The molecule has 2 rings (SSSR count). The van der Waals surface area contributed by atoms with E-state index in [2.05, 4.69) is 10.3 Å². The second-order valence-electron chi connectivity index (χ2n) is 4.00. The summed E-state index contributed by atoms with van der Waals surface area (Å²) >= 11 is 2.98. The number of nitrogens with one attached hydrogen (secondary N) is 1. The van der Waals surface area contributed by atoms with Gasteiger partial charge in [-0.15, -0.1) is 11.3 Å². The number of hydrogen-bond donors (Lipinski definition) is 2. The largest absolute Gasteiger partial charge is 0.394 e. The molecule has 1 unspecified atom stereocenters. The maximum absolute atomic E-state index is 12.0. The lowest BCUT2D eigenvalue weighted by atomic mass is 10.3.